The number of fused-ring (bicyclic) bond motifs is 1. The Morgan fingerprint density at radius 1 is 0.892 bits per heavy atom. The van der Waals surface area contributed by atoms with E-state index in [-0.39, 0.29) is 5.88 Å². The Kier molecular flexibility index (Phi) is 6.92. The number of hydrogen-bond donors (Lipinski definition) is 2. The number of benzene rings is 3. The minimum absolute atomic E-state index is 0.0963. The lowest BCUT2D eigenvalue weighted by Gasteiger charge is -2.39. The third-order valence-electron chi connectivity index (χ3n) is 6.95. The number of aliphatic hydroxyl groups is 1. The van der Waals surface area contributed by atoms with E-state index in [1.54, 1.807) is 6.20 Å². The molecule has 0 saturated carbocycles. The summed E-state index contributed by atoms with van der Waals surface area (Å²) in [5, 5.41) is 24.0. The summed E-state index contributed by atoms with van der Waals surface area (Å²) in [5.41, 5.74) is 10.8. The molecular formula is C33H30N2O2. The highest BCUT2D eigenvalue weighted by molar-refractivity contribution is 5.82. The highest BCUT2D eigenvalue weighted by Gasteiger charge is 2.45. The van der Waals surface area contributed by atoms with Crippen LogP contribution in [0.4, 0.5) is 0 Å². The van der Waals surface area contributed by atoms with Gasteiger partial charge in [-0.15, -0.1) is 0 Å². The summed E-state index contributed by atoms with van der Waals surface area (Å²) >= 11 is 0. The zero-order valence-corrected chi connectivity index (χ0v) is 21.1. The molecule has 4 heteroatoms. The van der Waals surface area contributed by atoms with Crippen LogP contribution in [0.5, 0.6) is 5.88 Å². The summed E-state index contributed by atoms with van der Waals surface area (Å²) < 4.78 is 0. The van der Waals surface area contributed by atoms with Crippen LogP contribution >= 0.6 is 0 Å². The van der Waals surface area contributed by atoms with Gasteiger partial charge >= 0.3 is 0 Å². The first-order valence-electron chi connectivity index (χ1n) is 12.5. The molecule has 184 valence electrons. The second-order valence-corrected chi connectivity index (χ2v) is 9.70. The van der Waals surface area contributed by atoms with Crippen molar-refractivity contribution in [1.29, 1.82) is 0 Å². The monoisotopic (exact) mass is 486 g/mol. The van der Waals surface area contributed by atoms with E-state index in [1.807, 2.05) is 111 Å². The normalized spacial score (nSPS) is 14.6. The van der Waals surface area contributed by atoms with Crippen molar-refractivity contribution in [3.05, 3.63) is 131 Å². The molecule has 1 heterocycles. The molecule has 0 radical (unpaired) electrons. The van der Waals surface area contributed by atoms with E-state index in [1.165, 1.54) is 0 Å². The molecule has 0 aliphatic heterocycles. The predicted octanol–water partition coefficient (Wildman–Crippen LogP) is 6.13. The molecule has 0 spiro atoms. The summed E-state index contributed by atoms with van der Waals surface area (Å²) in [6, 6.07) is 29.7. The topological polar surface area (TPSA) is 56.6 Å². The number of aromatic nitrogens is 1. The first-order chi connectivity index (χ1) is 18.0. The van der Waals surface area contributed by atoms with Crippen LogP contribution in [0.15, 0.2) is 109 Å². The number of rotatable bonds is 8. The lowest BCUT2D eigenvalue weighted by Crippen LogP contribution is -2.41. The molecule has 4 nitrogen and oxygen atoms in total. The van der Waals surface area contributed by atoms with Gasteiger partial charge in [0.2, 0.25) is 5.88 Å². The number of hydrogen-bond acceptors (Lipinski definition) is 4. The molecular weight excluding hydrogens is 456 g/mol. The van der Waals surface area contributed by atoms with Crippen LogP contribution in [-0.4, -0.2) is 46.3 Å². The van der Waals surface area contributed by atoms with Crippen LogP contribution in [0, 0.1) is 0 Å². The highest BCUT2D eigenvalue weighted by Crippen LogP contribution is 2.48. The van der Waals surface area contributed by atoms with Crippen molar-refractivity contribution in [2.24, 2.45) is 0 Å². The molecule has 2 unspecified atom stereocenters. The van der Waals surface area contributed by atoms with Crippen LogP contribution in [0.2, 0.25) is 0 Å². The van der Waals surface area contributed by atoms with E-state index in [0.29, 0.717) is 24.1 Å². The second kappa shape index (κ2) is 10.4. The fraction of sp³-hybridized carbons (Fsp3) is 0.182. The average molecular weight is 487 g/mol. The first kappa shape index (κ1) is 24.5. The molecule has 0 fully saturated rings. The molecule has 4 aromatic rings. The summed E-state index contributed by atoms with van der Waals surface area (Å²) in [5.74, 6) is -0.707. The Labute approximate surface area is 218 Å². The van der Waals surface area contributed by atoms with Crippen molar-refractivity contribution in [1.82, 2.24) is 9.88 Å². The molecule has 3 aromatic carbocycles. The zero-order chi connectivity index (χ0) is 25.8. The quantitative estimate of drug-likeness (QED) is 0.294. The van der Waals surface area contributed by atoms with Gasteiger partial charge in [0.25, 0.3) is 0 Å². The van der Waals surface area contributed by atoms with Crippen molar-refractivity contribution < 1.29 is 10.2 Å². The van der Waals surface area contributed by atoms with Crippen molar-refractivity contribution >= 4 is 11.6 Å². The van der Waals surface area contributed by atoms with E-state index in [2.05, 4.69) is 21.3 Å². The van der Waals surface area contributed by atoms with Crippen molar-refractivity contribution in [2.45, 2.75) is 17.9 Å². The molecule has 2 atom stereocenters. The van der Waals surface area contributed by atoms with Crippen LogP contribution in [0.25, 0.3) is 22.8 Å². The largest absolute Gasteiger partial charge is 0.493 e. The van der Waals surface area contributed by atoms with Crippen LogP contribution in [0.3, 0.4) is 0 Å². The van der Waals surface area contributed by atoms with Gasteiger partial charge in [0.1, 0.15) is 5.60 Å². The molecule has 1 aliphatic carbocycles. The van der Waals surface area contributed by atoms with Gasteiger partial charge in [0, 0.05) is 35.4 Å². The number of nitrogens with zero attached hydrogens (tertiary/aromatic N) is 2. The zero-order valence-electron chi connectivity index (χ0n) is 21.1. The number of aromatic hydroxyl groups is 1. The third kappa shape index (κ3) is 4.93. The second-order valence-electron chi connectivity index (χ2n) is 9.70. The molecule has 1 aliphatic rings. The van der Waals surface area contributed by atoms with Crippen LogP contribution in [-0.2, 0) is 0 Å². The highest BCUT2D eigenvalue weighted by atomic mass is 16.3. The minimum Gasteiger partial charge on any atom is -0.493 e. The Morgan fingerprint density at radius 3 is 2.30 bits per heavy atom. The third-order valence-corrected chi connectivity index (χ3v) is 6.95. The summed E-state index contributed by atoms with van der Waals surface area (Å²) in [6.07, 6.45) is 3.97. The van der Waals surface area contributed by atoms with Gasteiger partial charge in [-0.05, 0) is 54.9 Å². The molecule has 0 saturated heterocycles. The molecule has 1 aromatic heterocycles. The Morgan fingerprint density at radius 2 is 1.57 bits per heavy atom. The standard InChI is InChI=1S/C33H30N2O2/c1-35(2)21-20-33(37,30-19-11-17-25-14-9-10-18-28(25)30)31(26-15-7-4-8-16-26)29-22-27(23-34-32(29)36)24-12-5-3-6-13-24/h3-10,12-18,22-23,31,37H,20-21H2,1-2H3,(H,34,36). The Bertz CT molecular complexity index is 1500. The van der Waals surface area contributed by atoms with Gasteiger partial charge in [-0.3, -0.25) is 0 Å². The molecule has 5 rings (SSSR count). The fourth-order valence-electron chi connectivity index (χ4n) is 5.09. The van der Waals surface area contributed by atoms with E-state index in [4.69, 9.17) is 0 Å². The lowest BCUT2D eigenvalue weighted by molar-refractivity contribution is 0.0659. The maximum Gasteiger partial charge on any atom is 0.214 e. The maximum absolute atomic E-state index is 12.9. The molecule has 37 heavy (non-hydrogen) atoms. The van der Waals surface area contributed by atoms with E-state index in [0.717, 1.165) is 27.8 Å². The van der Waals surface area contributed by atoms with Gasteiger partial charge in [-0.2, -0.15) is 0 Å². The lowest BCUT2D eigenvalue weighted by atomic mass is 9.69. The average Bonchev–Trinajstić information content (AvgIpc) is 2.94. The first-order valence-corrected chi connectivity index (χ1v) is 12.5. The molecule has 0 amide bonds. The summed E-state index contributed by atoms with van der Waals surface area (Å²) in [6.45, 7) is 0.628. The van der Waals surface area contributed by atoms with Gasteiger partial charge < -0.3 is 15.1 Å². The summed E-state index contributed by atoms with van der Waals surface area (Å²) in [7, 11) is 3.98. The Balaban J connectivity index is 1.77. The van der Waals surface area contributed by atoms with Crippen LogP contribution < -0.4 is 0 Å². The fourth-order valence-corrected chi connectivity index (χ4v) is 5.09. The van der Waals surface area contributed by atoms with Gasteiger partial charge in [0.15, 0.2) is 0 Å². The summed E-state index contributed by atoms with van der Waals surface area (Å²) in [4.78, 5) is 6.44. The van der Waals surface area contributed by atoms with Crippen molar-refractivity contribution in [3.63, 3.8) is 0 Å². The molecule has 2 N–H and O–H groups in total. The predicted molar refractivity (Wildman–Crippen MR) is 149 cm³/mol. The van der Waals surface area contributed by atoms with E-state index < -0.39 is 11.5 Å². The number of pyridine rings is 1. The Hall–Kier alpha value is -4.17. The minimum atomic E-state index is -1.42. The smallest absolute Gasteiger partial charge is 0.214 e. The van der Waals surface area contributed by atoms with Crippen LogP contribution in [0.1, 0.15) is 34.6 Å². The van der Waals surface area contributed by atoms with Crippen molar-refractivity contribution in [2.75, 3.05) is 20.6 Å². The van der Waals surface area contributed by atoms with Gasteiger partial charge in [-0.25, -0.2) is 4.98 Å². The van der Waals surface area contributed by atoms with Gasteiger partial charge in [-0.1, -0.05) is 96.4 Å². The van der Waals surface area contributed by atoms with Crippen molar-refractivity contribution in [3.8, 4) is 17.0 Å². The molecule has 0 bridgehead atoms. The maximum atomic E-state index is 12.9. The van der Waals surface area contributed by atoms with Gasteiger partial charge in [0.05, 0.1) is 0 Å². The van der Waals surface area contributed by atoms with E-state index >= 15 is 0 Å². The SMILES string of the molecule is CN(C)CCC(O)(C1=C=C=Cc2ccccc21)C(c1ccccc1)c1cc(-c2ccccc2)cnc1O. The van der Waals surface area contributed by atoms with E-state index in [9.17, 15) is 10.2 Å².